The molecule has 35 heavy (non-hydrogen) atoms. The summed E-state index contributed by atoms with van der Waals surface area (Å²) in [5.41, 5.74) is 1.84. The average molecular weight is 496 g/mol. The number of aromatic nitrogens is 1. The number of fused-ring (bicyclic) bond motifs is 1. The molecule has 3 aromatic rings. The van der Waals surface area contributed by atoms with Gasteiger partial charge in [0.15, 0.2) is 6.10 Å². The van der Waals surface area contributed by atoms with Crippen LogP contribution in [0.3, 0.4) is 0 Å². The Morgan fingerprint density at radius 1 is 0.914 bits per heavy atom. The van der Waals surface area contributed by atoms with Gasteiger partial charge in [-0.25, -0.2) is 13.2 Å². The van der Waals surface area contributed by atoms with Gasteiger partial charge in [0.25, 0.3) is 5.91 Å². The summed E-state index contributed by atoms with van der Waals surface area (Å²) in [6.07, 6.45) is -1.01. The van der Waals surface area contributed by atoms with Crippen LogP contribution in [0, 0.1) is 0 Å². The second-order valence-corrected chi connectivity index (χ2v) is 10.8. The second-order valence-electron chi connectivity index (χ2n) is 8.86. The maximum absolute atomic E-state index is 13.1. The number of benzene rings is 2. The molecule has 4 rings (SSSR count). The summed E-state index contributed by atoms with van der Waals surface area (Å²) in [6.45, 7) is 6.34. The quantitative estimate of drug-likeness (QED) is 0.486. The number of ether oxygens (including phenoxy) is 1. The van der Waals surface area contributed by atoms with Crippen molar-refractivity contribution in [1.29, 1.82) is 0 Å². The monoisotopic (exact) mass is 495 g/mol. The molecule has 1 unspecified atom stereocenters. The smallest absolute Gasteiger partial charge is 0.339 e. The maximum atomic E-state index is 13.1. The number of hydrogen-bond acceptors (Lipinski definition) is 6. The minimum absolute atomic E-state index is 0.119. The van der Waals surface area contributed by atoms with Gasteiger partial charge >= 0.3 is 5.97 Å². The number of carbonyl (C=O) groups excluding carboxylic acids is 2. The molecule has 1 aliphatic heterocycles. The van der Waals surface area contributed by atoms with Crippen LogP contribution in [0.15, 0.2) is 65.6 Å². The number of pyridine rings is 1. The molecule has 1 atom stereocenters. The standard InChI is InChI=1S/C26H29N3O5S/c1-18(2)24-17-22(21-11-7-8-12-23(21)27-24)26(31)34-19(3)25(30)28-13-15-29(16-14-28)35(32,33)20-9-5-4-6-10-20/h4-12,17-19H,13-16H2,1-3H3. The topological polar surface area (TPSA) is 96.9 Å². The van der Waals surface area contributed by atoms with Gasteiger partial charge < -0.3 is 9.64 Å². The largest absolute Gasteiger partial charge is 0.449 e. The molecule has 0 N–H and O–H groups in total. The first-order valence-corrected chi connectivity index (χ1v) is 13.1. The first-order valence-electron chi connectivity index (χ1n) is 11.6. The molecular weight excluding hydrogens is 466 g/mol. The summed E-state index contributed by atoms with van der Waals surface area (Å²) in [4.78, 5) is 32.4. The number of piperazine rings is 1. The molecule has 2 aromatic carbocycles. The van der Waals surface area contributed by atoms with E-state index < -0.39 is 22.1 Å². The number of sulfonamides is 1. The minimum atomic E-state index is -3.61. The molecule has 0 saturated carbocycles. The molecule has 1 saturated heterocycles. The maximum Gasteiger partial charge on any atom is 0.339 e. The molecule has 1 aliphatic rings. The van der Waals surface area contributed by atoms with E-state index in [0.717, 1.165) is 5.69 Å². The molecular formula is C26H29N3O5S. The minimum Gasteiger partial charge on any atom is -0.449 e. The zero-order valence-corrected chi connectivity index (χ0v) is 20.9. The van der Waals surface area contributed by atoms with E-state index >= 15 is 0 Å². The number of para-hydroxylation sites is 1. The van der Waals surface area contributed by atoms with Gasteiger partial charge in [-0.2, -0.15) is 4.31 Å². The molecule has 0 radical (unpaired) electrons. The van der Waals surface area contributed by atoms with Crippen molar-refractivity contribution in [2.24, 2.45) is 0 Å². The van der Waals surface area contributed by atoms with Crippen LogP contribution in [0.1, 0.15) is 42.7 Å². The van der Waals surface area contributed by atoms with Crippen LogP contribution in [0.5, 0.6) is 0 Å². The highest BCUT2D eigenvalue weighted by atomic mass is 32.2. The third-order valence-corrected chi connectivity index (χ3v) is 8.02. The van der Waals surface area contributed by atoms with E-state index in [1.165, 1.54) is 4.31 Å². The third-order valence-electron chi connectivity index (χ3n) is 6.11. The fraction of sp³-hybridized carbons (Fsp3) is 0.346. The molecule has 9 heteroatoms. The van der Waals surface area contributed by atoms with Gasteiger partial charge in [0.1, 0.15) is 0 Å². The first kappa shape index (κ1) is 24.8. The van der Waals surface area contributed by atoms with Gasteiger partial charge in [-0.15, -0.1) is 0 Å². The summed E-state index contributed by atoms with van der Waals surface area (Å²) >= 11 is 0. The van der Waals surface area contributed by atoms with Crippen LogP contribution in [-0.4, -0.2) is 66.8 Å². The normalized spacial score (nSPS) is 15.8. The Bertz CT molecular complexity index is 1330. The lowest BCUT2D eigenvalue weighted by atomic mass is 10.0. The van der Waals surface area contributed by atoms with Crippen molar-refractivity contribution in [1.82, 2.24) is 14.2 Å². The second kappa shape index (κ2) is 10.1. The Kier molecular flexibility index (Phi) is 7.18. The Morgan fingerprint density at radius 3 is 2.20 bits per heavy atom. The molecule has 8 nitrogen and oxygen atoms in total. The summed E-state index contributed by atoms with van der Waals surface area (Å²) < 4.78 is 32.6. The van der Waals surface area contributed by atoms with Crippen LogP contribution in [0.4, 0.5) is 0 Å². The average Bonchev–Trinajstić information content (AvgIpc) is 2.88. The highest BCUT2D eigenvalue weighted by Gasteiger charge is 2.32. The molecule has 1 aromatic heterocycles. The molecule has 184 valence electrons. The van der Waals surface area contributed by atoms with Gasteiger partial charge in [0, 0.05) is 37.3 Å². The van der Waals surface area contributed by atoms with Crippen LogP contribution in [-0.2, 0) is 19.6 Å². The van der Waals surface area contributed by atoms with E-state index in [1.807, 2.05) is 38.1 Å². The molecule has 2 heterocycles. The summed E-state index contributed by atoms with van der Waals surface area (Å²) in [5, 5.41) is 0.668. The van der Waals surface area contributed by atoms with Gasteiger partial charge in [-0.05, 0) is 37.1 Å². The lowest BCUT2D eigenvalue weighted by molar-refractivity contribution is -0.141. The number of rotatable bonds is 6. The Morgan fingerprint density at radius 2 is 1.54 bits per heavy atom. The van der Waals surface area contributed by atoms with Crippen LogP contribution >= 0.6 is 0 Å². The van der Waals surface area contributed by atoms with E-state index in [9.17, 15) is 18.0 Å². The van der Waals surface area contributed by atoms with Crippen molar-refractivity contribution in [3.8, 4) is 0 Å². The third kappa shape index (κ3) is 5.21. The molecule has 0 aliphatic carbocycles. The van der Waals surface area contributed by atoms with Gasteiger partial charge in [0.05, 0.1) is 16.0 Å². The van der Waals surface area contributed by atoms with E-state index in [2.05, 4.69) is 4.98 Å². The van der Waals surface area contributed by atoms with Crippen LogP contribution < -0.4 is 0 Å². The van der Waals surface area contributed by atoms with Crippen molar-refractivity contribution in [2.45, 2.75) is 37.7 Å². The van der Waals surface area contributed by atoms with Crippen molar-refractivity contribution < 1.29 is 22.7 Å². The molecule has 0 spiro atoms. The van der Waals surface area contributed by atoms with Crippen molar-refractivity contribution in [3.63, 3.8) is 0 Å². The van der Waals surface area contributed by atoms with Crippen molar-refractivity contribution in [3.05, 3.63) is 71.9 Å². The van der Waals surface area contributed by atoms with E-state index in [-0.39, 0.29) is 42.9 Å². The molecule has 1 amide bonds. The number of nitrogens with zero attached hydrogens (tertiary/aromatic N) is 3. The highest BCUT2D eigenvalue weighted by molar-refractivity contribution is 7.89. The van der Waals surface area contributed by atoms with E-state index in [0.29, 0.717) is 16.5 Å². The zero-order valence-electron chi connectivity index (χ0n) is 20.0. The predicted molar refractivity (Wildman–Crippen MR) is 132 cm³/mol. The van der Waals surface area contributed by atoms with Gasteiger partial charge in [0.2, 0.25) is 10.0 Å². The summed E-state index contributed by atoms with van der Waals surface area (Å²) in [5.74, 6) is -0.817. The Balaban J connectivity index is 1.43. The van der Waals surface area contributed by atoms with Crippen molar-refractivity contribution in [2.75, 3.05) is 26.2 Å². The Hall–Kier alpha value is -3.30. The lowest BCUT2D eigenvalue weighted by Crippen LogP contribution is -2.52. The van der Waals surface area contributed by atoms with E-state index in [1.54, 1.807) is 48.2 Å². The first-order chi connectivity index (χ1) is 16.7. The van der Waals surface area contributed by atoms with E-state index in [4.69, 9.17) is 4.74 Å². The van der Waals surface area contributed by atoms with Crippen LogP contribution in [0.2, 0.25) is 0 Å². The number of hydrogen-bond donors (Lipinski definition) is 0. The van der Waals surface area contributed by atoms with Gasteiger partial charge in [-0.1, -0.05) is 50.2 Å². The fourth-order valence-electron chi connectivity index (χ4n) is 4.08. The fourth-order valence-corrected chi connectivity index (χ4v) is 5.53. The highest BCUT2D eigenvalue weighted by Crippen LogP contribution is 2.24. The number of esters is 1. The molecule has 1 fully saturated rings. The lowest BCUT2D eigenvalue weighted by Gasteiger charge is -2.35. The Labute approximate surface area is 205 Å². The SMILES string of the molecule is CC(OC(=O)c1cc(C(C)C)nc2ccccc12)C(=O)N1CCN(S(=O)(=O)c2ccccc2)CC1. The number of amides is 1. The van der Waals surface area contributed by atoms with Gasteiger partial charge in [-0.3, -0.25) is 9.78 Å². The van der Waals surface area contributed by atoms with Crippen molar-refractivity contribution >= 4 is 32.8 Å². The van der Waals surface area contributed by atoms with Crippen LogP contribution in [0.25, 0.3) is 10.9 Å². The molecule has 0 bridgehead atoms. The predicted octanol–water partition coefficient (Wildman–Crippen LogP) is 3.44. The summed E-state index contributed by atoms with van der Waals surface area (Å²) in [7, 11) is -3.61. The summed E-state index contributed by atoms with van der Waals surface area (Å²) in [6, 6.07) is 17.3. The zero-order chi connectivity index (χ0) is 25.2. The number of carbonyl (C=O) groups is 2.